The molecule has 1 amide bonds. The van der Waals surface area contributed by atoms with Crippen LogP contribution in [-0.2, 0) is 6.54 Å². The van der Waals surface area contributed by atoms with E-state index in [1.807, 2.05) is 0 Å². The maximum Gasteiger partial charge on any atom is 0.411 e. The quantitative estimate of drug-likeness (QED) is 0.373. The Kier molecular flexibility index (Phi) is 5.80. The Morgan fingerprint density at radius 1 is 1.09 bits per heavy atom. The van der Waals surface area contributed by atoms with Gasteiger partial charge in [0.25, 0.3) is 5.91 Å². The smallest absolute Gasteiger partial charge is 0.336 e. The van der Waals surface area contributed by atoms with Gasteiger partial charge in [0, 0.05) is 16.1 Å². The van der Waals surface area contributed by atoms with Crippen molar-refractivity contribution in [1.82, 2.24) is 29.9 Å². The molecule has 1 aliphatic carbocycles. The molecule has 180 valence electrons. The Morgan fingerprint density at radius 3 is 2.40 bits per heavy atom. The van der Waals surface area contributed by atoms with Crippen molar-refractivity contribution < 1.29 is 18.0 Å². The van der Waals surface area contributed by atoms with E-state index in [0.29, 0.717) is 32.6 Å². The van der Waals surface area contributed by atoms with Crippen LogP contribution in [0.15, 0.2) is 61.2 Å². The minimum atomic E-state index is -4.57. The van der Waals surface area contributed by atoms with E-state index in [-0.39, 0.29) is 25.1 Å². The first-order chi connectivity index (χ1) is 16.7. The molecular formula is C23H17Cl2F3N6O. The predicted octanol–water partition coefficient (Wildman–Crippen LogP) is 5.31. The standard InChI is InChI=1S/C23H17Cl2F3N6O/c24-15-7-5-14(6-8-15)20-16(11-33-13-29-12-30-33)19(21(35)31-22(9-10-22)23(26,27)28)32-34(20)18-4-2-1-3-17(18)25/h1-8,12-13H,9-11H2,(H,31,35). The third-order valence-corrected chi connectivity index (χ3v) is 6.40. The molecule has 0 atom stereocenters. The lowest BCUT2D eigenvalue weighted by Gasteiger charge is -2.20. The molecule has 2 aromatic carbocycles. The van der Waals surface area contributed by atoms with Crippen LogP contribution in [0.3, 0.4) is 0 Å². The molecule has 0 unspecified atom stereocenters. The van der Waals surface area contributed by atoms with Crippen LogP contribution in [0.25, 0.3) is 16.9 Å². The lowest BCUT2D eigenvalue weighted by atomic mass is 10.0. The number of nitrogens with zero attached hydrogens (tertiary/aromatic N) is 5. The summed E-state index contributed by atoms with van der Waals surface area (Å²) >= 11 is 12.5. The molecule has 4 aromatic rings. The van der Waals surface area contributed by atoms with Crippen molar-refractivity contribution in [2.45, 2.75) is 31.1 Å². The zero-order valence-electron chi connectivity index (χ0n) is 17.9. The van der Waals surface area contributed by atoms with Crippen molar-refractivity contribution in [3.8, 4) is 16.9 Å². The van der Waals surface area contributed by atoms with Crippen LogP contribution in [0.4, 0.5) is 13.2 Å². The number of benzene rings is 2. The van der Waals surface area contributed by atoms with Gasteiger partial charge in [0.15, 0.2) is 5.69 Å². The first kappa shape index (κ1) is 23.4. The number of carbonyl (C=O) groups is 1. The van der Waals surface area contributed by atoms with E-state index in [4.69, 9.17) is 23.2 Å². The fraction of sp³-hybridized carbons (Fsp3) is 0.217. The van der Waals surface area contributed by atoms with E-state index < -0.39 is 17.6 Å². The number of nitrogens with one attached hydrogen (secondary N) is 1. The van der Waals surface area contributed by atoms with Crippen LogP contribution in [-0.4, -0.2) is 42.2 Å². The van der Waals surface area contributed by atoms with E-state index >= 15 is 0 Å². The maximum atomic E-state index is 13.6. The molecule has 0 aliphatic heterocycles. The number of amides is 1. The fourth-order valence-electron chi connectivity index (χ4n) is 3.84. The highest BCUT2D eigenvalue weighted by Crippen LogP contribution is 2.49. The third kappa shape index (κ3) is 4.39. The van der Waals surface area contributed by atoms with Gasteiger partial charge in [-0.3, -0.25) is 4.79 Å². The molecule has 2 aromatic heterocycles. The van der Waals surface area contributed by atoms with Gasteiger partial charge in [-0.15, -0.1) is 0 Å². The average Bonchev–Trinajstić information content (AvgIpc) is 3.26. The van der Waals surface area contributed by atoms with Crippen LogP contribution >= 0.6 is 23.2 Å². The van der Waals surface area contributed by atoms with Gasteiger partial charge in [0.2, 0.25) is 0 Å². The van der Waals surface area contributed by atoms with Crippen LogP contribution in [0, 0.1) is 0 Å². The van der Waals surface area contributed by atoms with E-state index in [9.17, 15) is 18.0 Å². The molecule has 0 radical (unpaired) electrons. The Morgan fingerprint density at radius 2 is 1.80 bits per heavy atom. The largest absolute Gasteiger partial charge is 0.411 e. The van der Waals surface area contributed by atoms with Crippen molar-refractivity contribution in [3.63, 3.8) is 0 Å². The second-order valence-electron chi connectivity index (χ2n) is 8.17. The van der Waals surface area contributed by atoms with Gasteiger partial charge in [-0.1, -0.05) is 47.5 Å². The second-order valence-corrected chi connectivity index (χ2v) is 9.02. The van der Waals surface area contributed by atoms with Crippen LogP contribution in [0.5, 0.6) is 0 Å². The molecule has 1 aliphatic rings. The highest BCUT2D eigenvalue weighted by molar-refractivity contribution is 6.32. The lowest BCUT2D eigenvalue weighted by molar-refractivity contribution is -0.163. The maximum absolute atomic E-state index is 13.6. The first-order valence-corrected chi connectivity index (χ1v) is 11.3. The molecule has 1 saturated carbocycles. The summed E-state index contributed by atoms with van der Waals surface area (Å²) < 4.78 is 43.7. The van der Waals surface area contributed by atoms with Gasteiger partial charge in [0.1, 0.15) is 18.2 Å². The number of halogens is 5. The molecule has 2 heterocycles. The second kappa shape index (κ2) is 8.69. The highest BCUT2D eigenvalue weighted by atomic mass is 35.5. The van der Waals surface area contributed by atoms with Gasteiger partial charge >= 0.3 is 6.18 Å². The molecule has 0 bridgehead atoms. The first-order valence-electron chi connectivity index (χ1n) is 10.5. The summed E-state index contributed by atoms with van der Waals surface area (Å²) in [7, 11) is 0. The van der Waals surface area contributed by atoms with Crippen molar-refractivity contribution in [2.75, 3.05) is 0 Å². The molecule has 35 heavy (non-hydrogen) atoms. The molecular weight excluding hydrogens is 504 g/mol. The Hall–Kier alpha value is -3.37. The normalized spacial score (nSPS) is 14.7. The Balaban J connectivity index is 1.71. The number of rotatable bonds is 6. The van der Waals surface area contributed by atoms with Crippen molar-refractivity contribution >= 4 is 29.1 Å². The van der Waals surface area contributed by atoms with Crippen molar-refractivity contribution in [1.29, 1.82) is 0 Å². The lowest BCUT2D eigenvalue weighted by Crippen LogP contribution is -2.48. The van der Waals surface area contributed by atoms with Crippen molar-refractivity contribution in [3.05, 3.63) is 82.5 Å². The summed E-state index contributed by atoms with van der Waals surface area (Å²) in [4.78, 5) is 17.2. The van der Waals surface area contributed by atoms with E-state index in [1.165, 1.54) is 22.0 Å². The van der Waals surface area contributed by atoms with Crippen molar-refractivity contribution in [2.24, 2.45) is 0 Å². The summed E-state index contributed by atoms with van der Waals surface area (Å²) in [6.07, 6.45) is -2.17. The highest BCUT2D eigenvalue weighted by Gasteiger charge is 2.64. The number of carbonyl (C=O) groups excluding carboxylic acids is 1. The predicted molar refractivity (Wildman–Crippen MR) is 124 cm³/mol. The van der Waals surface area contributed by atoms with Gasteiger partial charge in [-0.05, 0) is 37.1 Å². The minimum absolute atomic E-state index is 0.0319. The Bertz CT molecular complexity index is 1380. The van der Waals surface area contributed by atoms with Gasteiger partial charge in [-0.25, -0.2) is 14.3 Å². The molecule has 1 fully saturated rings. The molecule has 7 nitrogen and oxygen atoms in total. The third-order valence-electron chi connectivity index (χ3n) is 5.83. The van der Waals surface area contributed by atoms with E-state index in [1.54, 1.807) is 48.5 Å². The number of hydrogen-bond donors (Lipinski definition) is 1. The zero-order valence-corrected chi connectivity index (χ0v) is 19.4. The number of alkyl halides is 3. The van der Waals surface area contributed by atoms with E-state index in [0.717, 1.165) is 0 Å². The summed E-state index contributed by atoms with van der Waals surface area (Å²) in [5.41, 5.74) is -0.507. The number of para-hydroxylation sites is 1. The number of hydrogen-bond acceptors (Lipinski definition) is 4. The SMILES string of the molecule is O=C(NC1(C(F)(F)F)CC1)c1nn(-c2ccccc2Cl)c(-c2ccc(Cl)cc2)c1Cn1cncn1. The minimum Gasteiger partial charge on any atom is -0.336 e. The molecule has 12 heteroatoms. The van der Waals surface area contributed by atoms with E-state index in [2.05, 4.69) is 20.5 Å². The summed E-state index contributed by atoms with van der Waals surface area (Å²) in [6.45, 7) is 0.0319. The van der Waals surface area contributed by atoms with Crippen LogP contribution < -0.4 is 5.32 Å². The van der Waals surface area contributed by atoms with Gasteiger partial charge < -0.3 is 5.32 Å². The number of aromatic nitrogens is 5. The average molecular weight is 521 g/mol. The molecule has 0 saturated heterocycles. The molecule has 1 N–H and O–H groups in total. The summed E-state index contributed by atoms with van der Waals surface area (Å²) in [6, 6.07) is 13.6. The topological polar surface area (TPSA) is 77.6 Å². The van der Waals surface area contributed by atoms with Crippen LogP contribution in [0.2, 0.25) is 10.0 Å². The monoisotopic (exact) mass is 520 g/mol. The molecule has 0 spiro atoms. The van der Waals surface area contributed by atoms with Gasteiger partial charge in [-0.2, -0.15) is 23.4 Å². The fourth-order valence-corrected chi connectivity index (χ4v) is 4.18. The summed E-state index contributed by atoms with van der Waals surface area (Å²) in [5, 5.41) is 11.6. The van der Waals surface area contributed by atoms with Gasteiger partial charge in [0.05, 0.1) is 22.9 Å². The summed E-state index contributed by atoms with van der Waals surface area (Å²) in [5.74, 6) is -0.934. The Labute approximate surface area is 207 Å². The van der Waals surface area contributed by atoms with Crippen LogP contribution in [0.1, 0.15) is 28.9 Å². The molecule has 5 rings (SSSR count). The zero-order chi connectivity index (χ0) is 24.8.